The van der Waals surface area contributed by atoms with Crippen molar-refractivity contribution in [2.24, 2.45) is 0 Å². The quantitative estimate of drug-likeness (QED) is 0.864. The molecule has 0 bridgehead atoms. The van der Waals surface area contributed by atoms with E-state index in [1.807, 2.05) is 0 Å². The molecule has 2 rings (SSSR count). The lowest BCUT2D eigenvalue weighted by molar-refractivity contribution is 0.463. The van der Waals surface area contributed by atoms with Crippen LogP contribution >= 0.6 is 15.9 Å². The van der Waals surface area contributed by atoms with Gasteiger partial charge in [0, 0.05) is 29.3 Å². The number of hydrogen-bond donors (Lipinski definition) is 1. The van der Waals surface area contributed by atoms with Gasteiger partial charge in [-0.15, -0.1) is 0 Å². The Morgan fingerprint density at radius 1 is 1.37 bits per heavy atom. The fourth-order valence-corrected chi connectivity index (χ4v) is 3.83. The summed E-state index contributed by atoms with van der Waals surface area (Å²) in [5, 5.41) is 0. The van der Waals surface area contributed by atoms with Gasteiger partial charge in [0.25, 0.3) is 0 Å². The van der Waals surface area contributed by atoms with Crippen molar-refractivity contribution >= 4 is 31.6 Å². The van der Waals surface area contributed by atoms with Gasteiger partial charge < -0.3 is 10.2 Å². The second-order valence-electron chi connectivity index (χ2n) is 4.08. The Bertz CT molecular complexity index is 668. The largest absolute Gasteiger partial charge is 0.472 e. The van der Waals surface area contributed by atoms with E-state index < -0.39 is 10.0 Å². The molecule has 0 fully saturated rings. The molecule has 1 heterocycles. The van der Waals surface area contributed by atoms with Gasteiger partial charge in [0.15, 0.2) is 0 Å². The van der Waals surface area contributed by atoms with Gasteiger partial charge in [-0.05, 0) is 40.2 Å². The molecule has 0 aliphatic rings. The summed E-state index contributed by atoms with van der Waals surface area (Å²) in [5.74, 6) is 0. The number of sulfonamides is 1. The van der Waals surface area contributed by atoms with Gasteiger partial charge in [-0.25, -0.2) is 8.42 Å². The van der Waals surface area contributed by atoms with Gasteiger partial charge >= 0.3 is 0 Å². The molecule has 5 nitrogen and oxygen atoms in total. The molecule has 2 N–H and O–H groups in total. The summed E-state index contributed by atoms with van der Waals surface area (Å²) in [6.45, 7) is 0.246. The normalized spacial score (nSPS) is 11.9. The Morgan fingerprint density at radius 2 is 2.11 bits per heavy atom. The maximum atomic E-state index is 12.4. The highest BCUT2D eigenvalue weighted by atomic mass is 79.9. The molecule has 102 valence electrons. The van der Waals surface area contributed by atoms with Gasteiger partial charge in [0.1, 0.15) is 0 Å². The number of nitrogens with zero attached hydrogens (tertiary/aromatic N) is 1. The first-order valence-corrected chi connectivity index (χ1v) is 7.67. The number of nitrogen functional groups attached to an aromatic ring is 1. The van der Waals surface area contributed by atoms with Crippen LogP contribution in [0.3, 0.4) is 0 Å². The van der Waals surface area contributed by atoms with E-state index in [2.05, 4.69) is 15.9 Å². The second-order valence-corrected chi connectivity index (χ2v) is 6.95. The van der Waals surface area contributed by atoms with E-state index in [1.165, 1.54) is 29.9 Å². The van der Waals surface area contributed by atoms with Crippen LogP contribution < -0.4 is 5.73 Å². The molecule has 0 spiro atoms. The molecule has 1 aromatic heterocycles. The Balaban J connectivity index is 2.31. The average molecular weight is 345 g/mol. The maximum Gasteiger partial charge on any atom is 0.244 e. The highest BCUT2D eigenvalue weighted by Gasteiger charge is 2.23. The van der Waals surface area contributed by atoms with Gasteiger partial charge in [0.2, 0.25) is 10.0 Å². The maximum absolute atomic E-state index is 12.4. The first-order chi connectivity index (χ1) is 8.91. The van der Waals surface area contributed by atoms with Crippen LogP contribution in [-0.4, -0.2) is 19.8 Å². The van der Waals surface area contributed by atoms with Crippen molar-refractivity contribution in [1.29, 1.82) is 0 Å². The summed E-state index contributed by atoms with van der Waals surface area (Å²) in [5.41, 5.74) is 6.90. The van der Waals surface area contributed by atoms with Crippen LogP contribution in [0.4, 0.5) is 5.69 Å². The molecule has 0 saturated heterocycles. The number of anilines is 1. The molecule has 0 amide bonds. The van der Waals surface area contributed by atoms with E-state index in [-0.39, 0.29) is 11.4 Å². The van der Waals surface area contributed by atoms with E-state index >= 15 is 0 Å². The second kappa shape index (κ2) is 5.36. The van der Waals surface area contributed by atoms with Crippen molar-refractivity contribution in [1.82, 2.24) is 4.31 Å². The lowest BCUT2D eigenvalue weighted by Gasteiger charge is -2.17. The summed E-state index contributed by atoms with van der Waals surface area (Å²) >= 11 is 3.22. The molecule has 1 aromatic carbocycles. The first kappa shape index (κ1) is 14.1. The van der Waals surface area contributed by atoms with E-state index in [4.69, 9.17) is 10.2 Å². The number of halogens is 1. The molecular weight excluding hydrogens is 332 g/mol. The first-order valence-electron chi connectivity index (χ1n) is 5.43. The smallest absolute Gasteiger partial charge is 0.244 e. The molecule has 0 unspecified atom stereocenters. The fraction of sp³-hybridized carbons (Fsp3) is 0.167. The Morgan fingerprint density at radius 3 is 2.68 bits per heavy atom. The summed E-state index contributed by atoms with van der Waals surface area (Å²) < 4.78 is 31.5. The predicted molar refractivity (Wildman–Crippen MR) is 75.9 cm³/mol. The van der Waals surface area contributed by atoms with Crippen molar-refractivity contribution in [3.05, 3.63) is 46.8 Å². The summed E-state index contributed by atoms with van der Waals surface area (Å²) in [6.07, 6.45) is 3.03. The zero-order valence-corrected chi connectivity index (χ0v) is 12.6. The monoisotopic (exact) mass is 344 g/mol. The Labute approximate surface area is 120 Å². The van der Waals surface area contributed by atoms with Gasteiger partial charge in [-0.3, -0.25) is 0 Å². The Hall–Kier alpha value is -1.31. The zero-order valence-electron chi connectivity index (χ0n) is 10.2. The minimum Gasteiger partial charge on any atom is -0.472 e. The van der Waals surface area contributed by atoms with E-state index in [9.17, 15) is 8.42 Å². The van der Waals surface area contributed by atoms with Crippen LogP contribution in [0, 0.1) is 0 Å². The molecule has 2 aromatic rings. The average Bonchev–Trinajstić information content (AvgIpc) is 2.81. The van der Waals surface area contributed by atoms with E-state index in [1.54, 1.807) is 18.2 Å². The molecule has 19 heavy (non-hydrogen) atoms. The van der Waals surface area contributed by atoms with Gasteiger partial charge in [-0.1, -0.05) is 0 Å². The molecule has 0 saturated carbocycles. The van der Waals surface area contributed by atoms with Crippen LogP contribution in [0.1, 0.15) is 5.56 Å². The van der Waals surface area contributed by atoms with Crippen molar-refractivity contribution < 1.29 is 12.8 Å². The third kappa shape index (κ3) is 2.99. The van der Waals surface area contributed by atoms with Crippen LogP contribution in [0.25, 0.3) is 0 Å². The highest BCUT2D eigenvalue weighted by Crippen LogP contribution is 2.27. The summed E-state index contributed by atoms with van der Waals surface area (Å²) in [7, 11) is -2.05. The molecule has 0 atom stereocenters. The molecule has 7 heteroatoms. The number of benzene rings is 1. The van der Waals surface area contributed by atoms with E-state index in [0.29, 0.717) is 10.2 Å². The fourth-order valence-electron chi connectivity index (χ4n) is 1.62. The standard InChI is InChI=1S/C12H13BrN2O3S/c1-15(7-9-4-5-18-8-9)19(16,17)12-3-2-10(14)6-11(12)13/h2-6,8H,7,14H2,1H3. The van der Waals surface area contributed by atoms with Crippen molar-refractivity contribution in [3.63, 3.8) is 0 Å². The lowest BCUT2D eigenvalue weighted by atomic mass is 10.3. The third-order valence-corrected chi connectivity index (χ3v) is 5.41. The van der Waals surface area contributed by atoms with Gasteiger partial charge in [-0.2, -0.15) is 4.31 Å². The van der Waals surface area contributed by atoms with Crippen LogP contribution in [0.15, 0.2) is 50.6 Å². The molecule has 0 radical (unpaired) electrons. The molecule has 0 aliphatic heterocycles. The topological polar surface area (TPSA) is 76.5 Å². The number of nitrogens with two attached hydrogens (primary N) is 1. The summed E-state index contributed by atoms with van der Waals surface area (Å²) in [4.78, 5) is 0.188. The van der Waals surface area contributed by atoms with Gasteiger partial charge in [0.05, 0.1) is 17.4 Å². The zero-order chi connectivity index (χ0) is 14.0. The number of furan rings is 1. The van der Waals surface area contributed by atoms with Crippen molar-refractivity contribution in [3.8, 4) is 0 Å². The highest BCUT2D eigenvalue weighted by molar-refractivity contribution is 9.10. The van der Waals surface area contributed by atoms with Crippen LogP contribution in [0.2, 0.25) is 0 Å². The van der Waals surface area contributed by atoms with Crippen LogP contribution in [0.5, 0.6) is 0 Å². The number of hydrogen-bond acceptors (Lipinski definition) is 4. The Kier molecular flexibility index (Phi) is 3.98. The van der Waals surface area contributed by atoms with Crippen molar-refractivity contribution in [2.45, 2.75) is 11.4 Å². The predicted octanol–water partition coefficient (Wildman–Crippen LogP) is 2.45. The lowest BCUT2D eigenvalue weighted by Crippen LogP contribution is -2.26. The SMILES string of the molecule is CN(Cc1ccoc1)S(=O)(=O)c1ccc(N)cc1Br. The van der Waals surface area contributed by atoms with Crippen molar-refractivity contribution in [2.75, 3.05) is 12.8 Å². The molecule has 0 aliphatic carbocycles. The van der Waals surface area contributed by atoms with E-state index in [0.717, 1.165) is 5.56 Å². The summed E-state index contributed by atoms with van der Waals surface area (Å²) in [6, 6.07) is 6.34. The molecular formula is C12H13BrN2O3S. The minimum absolute atomic E-state index is 0.188. The minimum atomic E-state index is -3.57. The number of rotatable bonds is 4. The third-order valence-electron chi connectivity index (χ3n) is 2.63. The van der Waals surface area contributed by atoms with Crippen LogP contribution in [-0.2, 0) is 16.6 Å².